The van der Waals surface area contributed by atoms with E-state index in [0.717, 1.165) is 59.7 Å². The minimum Gasteiger partial charge on any atom is -0.309 e. The molecule has 7 rings (SSSR count). The molecule has 4 aliphatic rings. The Morgan fingerprint density at radius 2 is 1.57 bits per heavy atom. The quantitative estimate of drug-likeness (QED) is 0.691. The number of imidazole rings is 1. The van der Waals surface area contributed by atoms with Crippen molar-refractivity contribution < 1.29 is 4.79 Å². The summed E-state index contributed by atoms with van der Waals surface area (Å²) in [4.78, 5) is 18.5. The summed E-state index contributed by atoms with van der Waals surface area (Å²) in [6.45, 7) is 0. The first-order valence-electron chi connectivity index (χ1n) is 10.5. The highest BCUT2D eigenvalue weighted by atomic mass is 16.2. The first kappa shape index (κ1) is 16.3. The molecule has 0 radical (unpaired) electrons. The van der Waals surface area contributed by atoms with Crippen molar-refractivity contribution in [3.05, 3.63) is 54.7 Å². The molecular weight excluding hydrogens is 346 g/mol. The van der Waals surface area contributed by atoms with E-state index in [4.69, 9.17) is 4.98 Å². The minimum atomic E-state index is -0.165. The Hall–Kier alpha value is -2.62. The summed E-state index contributed by atoms with van der Waals surface area (Å²) in [6, 6.07) is 16.1. The van der Waals surface area contributed by atoms with Crippen LogP contribution in [0.3, 0.4) is 0 Å². The number of nitrogens with zero attached hydrogens (tertiary/aromatic N) is 2. The Balaban J connectivity index is 1.41. The van der Waals surface area contributed by atoms with Crippen LogP contribution in [0.25, 0.3) is 16.9 Å². The van der Waals surface area contributed by atoms with Crippen LogP contribution in [0.5, 0.6) is 0 Å². The number of carbonyl (C=O) groups is 1. The van der Waals surface area contributed by atoms with Crippen LogP contribution >= 0.6 is 0 Å². The molecule has 0 spiro atoms. The number of pyridine rings is 1. The molecule has 142 valence electrons. The van der Waals surface area contributed by atoms with Crippen LogP contribution in [-0.2, 0) is 4.79 Å². The lowest BCUT2D eigenvalue weighted by atomic mass is 9.49. The smallest absolute Gasteiger partial charge is 0.231 e. The maximum Gasteiger partial charge on any atom is 0.231 e. The van der Waals surface area contributed by atoms with Crippen molar-refractivity contribution in [1.82, 2.24) is 9.38 Å². The molecule has 4 nitrogen and oxygen atoms in total. The molecule has 0 saturated heterocycles. The van der Waals surface area contributed by atoms with Gasteiger partial charge in [-0.3, -0.25) is 9.20 Å². The highest BCUT2D eigenvalue weighted by molar-refractivity contribution is 5.98. The number of amides is 1. The zero-order chi connectivity index (χ0) is 18.7. The van der Waals surface area contributed by atoms with Gasteiger partial charge in [0.05, 0.1) is 5.41 Å². The lowest BCUT2D eigenvalue weighted by molar-refractivity contribution is -0.140. The summed E-state index contributed by atoms with van der Waals surface area (Å²) >= 11 is 0. The monoisotopic (exact) mass is 371 g/mol. The van der Waals surface area contributed by atoms with Gasteiger partial charge in [0, 0.05) is 11.8 Å². The summed E-state index contributed by atoms with van der Waals surface area (Å²) in [5.74, 6) is 3.30. The Morgan fingerprint density at radius 1 is 0.929 bits per heavy atom. The van der Waals surface area contributed by atoms with Crippen LogP contribution in [0, 0.1) is 23.2 Å². The first-order valence-corrected chi connectivity index (χ1v) is 10.5. The average Bonchev–Trinajstić information content (AvgIpc) is 3.06. The van der Waals surface area contributed by atoms with Gasteiger partial charge in [-0.15, -0.1) is 0 Å². The van der Waals surface area contributed by atoms with E-state index in [-0.39, 0.29) is 11.3 Å². The van der Waals surface area contributed by atoms with Crippen molar-refractivity contribution in [2.24, 2.45) is 23.2 Å². The molecule has 0 unspecified atom stereocenters. The standard InChI is InChI=1S/C24H25N3O/c28-23(24-13-16-10-17(14-24)12-18(11-16)15-24)26-22-21(19-6-2-1-3-7-19)25-20-8-4-5-9-27(20)22/h1-9,16-18H,10-15H2,(H,26,28). The molecule has 0 aliphatic heterocycles. The maximum atomic E-state index is 13.6. The largest absolute Gasteiger partial charge is 0.309 e. The van der Waals surface area contributed by atoms with Gasteiger partial charge in [-0.05, 0) is 68.4 Å². The molecule has 4 heteroatoms. The second-order valence-electron chi connectivity index (χ2n) is 9.26. The lowest BCUT2D eigenvalue weighted by Crippen LogP contribution is -2.51. The summed E-state index contributed by atoms with van der Waals surface area (Å²) in [5, 5.41) is 3.35. The third-order valence-corrected chi connectivity index (χ3v) is 7.33. The molecule has 2 aromatic heterocycles. The first-order chi connectivity index (χ1) is 13.7. The highest BCUT2D eigenvalue weighted by Gasteiger charge is 2.54. The zero-order valence-electron chi connectivity index (χ0n) is 16.0. The van der Waals surface area contributed by atoms with E-state index in [2.05, 4.69) is 17.4 Å². The summed E-state index contributed by atoms with van der Waals surface area (Å²) in [7, 11) is 0. The van der Waals surface area contributed by atoms with Gasteiger partial charge in [0.1, 0.15) is 17.2 Å². The van der Waals surface area contributed by atoms with Crippen LogP contribution in [0.1, 0.15) is 38.5 Å². The molecule has 4 fully saturated rings. The molecule has 28 heavy (non-hydrogen) atoms. The lowest BCUT2D eigenvalue weighted by Gasteiger charge is -2.55. The fourth-order valence-electron chi connectivity index (χ4n) is 6.54. The summed E-state index contributed by atoms with van der Waals surface area (Å²) in [5.41, 5.74) is 2.58. The molecule has 4 aliphatic carbocycles. The number of anilines is 1. The Bertz CT molecular complexity index is 1020. The van der Waals surface area contributed by atoms with Gasteiger partial charge in [0.15, 0.2) is 0 Å². The average molecular weight is 371 g/mol. The van der Waals surface area contributed by atoms with E-state index in [0.29, 0.717) is 0 Å². The van der Waals surface area contributed by atoms with Gasteiger partial charge in [0.25, 0.3) is 0 Å². The SMILES string of the molecule is O=C(Nc1c(-c2ccccc2)nc2ccccn12)C12CC3CC(CC(C3)C1)C2. The molecule has 4 saturated carbocycles. The van der Waals surface area contributed by atoms with Gasteiger partial charge in [-0.2, -0.15) is 0 Å². The van der Waals surface area contributed by atoms with Crippen molar-refractivity contribution in [2.75, 3.05) is 5.32 Å². The number of hydrogen-bond donors (Lipinski definition) is 1. The van der Waals surface area contributed by atoms with Crippen LogP contribution in [0.15, 0.2) is 54.7 Å². The number of carbonyl (C=O) groups excluding carboxylic acids is 1. The van der Waals surface area contributed by atoms with Gasteiger partial charge in [0.2, 0.25) is 5.91 Å². The van der Waals surface area contributed by atoms with Gasteiger partial charge in [-0.25, -0.2) is 4.98 Å². The number of benzene rings is 1. The van der Waals surface area contributed by atoms with E-state index >= 15 is 0 Å². The van der Waals surface area contributed by atoms with E-state index in [1.807, 2.05) is 47.0 Å². The van der Waals surface area contributed by atoms with Crippen molar-refractivity contribution >= 4 is 17.4 Å². The molecule has 0 atom stereocenters. The highest BCUT2D eigenvalue weighted by Crippen LogP contribution is 2.60. The predicted octanol–water partition coefficient (Wildman–Crippen LogP) is 5.16. The van der Waals surface area contributed by atoms with Crippen molar-refractivity contribution in [1.29, 1.82) is 0 Å². The van der Waals surface area contributed by atoms with Gasteiger partial charge < -0.3 is 5.32 Å². The fourth-order valence-corrected chi connectivity index (χ4v) is 6.54. The molecule has 1 amide bonds. The maximum absolute atomic E-state index is 13.6. The third-order valence-electron chi connectivity index (χ3n) is 7.33. The summed E-state index contributed by atoms with van der Waals surface area (Å²) < 4.78 is 2.01. The predicted molar refractivity (Wildman–Crippen MR) is 110 cm³/mol. The van der Waals surface area contributed by atoms with Crippen molar-refractivity contribution in [2.45, 2.75) is 38.5 Å². The van der Waals surface area contributed by atoms with E-state index in [1.165, 1.54) is 19.3 Å². The van der Waals surface area contributed by atoms with Crippen LogP contribution in [0.4, 0.5) is 5.82 Å². The Morgan fingerprint density at radius 3 is 2.25 bits per heavy atom. The second kappa shape index (κ2) is 5.94. The molecular formula is C24H25N3O. The fraction of sp³-hybridized carbons (Fsp3) is 0.417. The molecule has 4 bridgehead atoms. The number of aromatic nitrogens is 2. The third kappa shape index (κ3) is 2.43. The van der Waals surface area contributed by atoms with Crippen LogP contribution < -0.4 is 5.32 Å². The summed E-state index contributed by atoms with van der Waals surface area (Å²) in [6.07, 6.45) is 9.24. The van der Waals surface area contributed by atoms with E-state index < -0.39 is 0 Å². The molecule has 3 aromatic rings. The molecule has 2 heterocycles. The number of rotatable bonds is 3. The number of fused-ring (bicyclic) bond motifs is 1. The second-order valence-corrected chi connectivity index (χ2v) is 9.26. The van der Waals surface area contributed by atoms with Gasteiger partial charge in [-0.1, -0.05) is 36.4 Å². The number of nitrogens with one attached hydrogen (secondary N) is 1. The van der Waals surface area contributed by atoms with Crippen LogP contribution in [-0.4, -0.2) is 15.3 Å². The molecule has 1 aromatic carbocycles. The van der Waals surface area contributed by atoms with E-state index in [9.17, 15) is 4.79 Å². The number of hydrogen-bond acceptors (Lipinski definition) is 2. The van der Waals surface area contributed by atoms with Crippen molar-refractivity contribution in [3.8, 4) is 11.3 Å². The van der Waals surface area contributed by atoms with Crippen LogP contribution in [0.2, 0.25) is 0 Å². The Labute approximate surface area is 165 Å². The van der Waals surface area contributed by atoms with Crippen molar-refractivity contribution in [3.63, 3.8) is 0 Å². The normalized spacial score (nSPS) is 30.6. The van der Waals surface area contributed by atoms with Gasteiger partial charge >= 0.3 is 0 Å². The zero-order valence-corrected chi connectivity index (χ0v) is 16.0. The minimum absolute atomic E-state index is 0.165. The molecule has 1 N–H and O–H groups in total. The van der Waals surface area contributed by atoms with E-state index in [1.54, 1.807) is 0 Å². The topological polar surface area (TPSA) is 46.4 Å². The Kier molecular flexibility index (Phi) is 3.47.